The molecular weight excluding hydrogens is 479 g/mol. The van der Waals surface area contributed by atoms with E-state index in [4.69, 9.17) is 9.47 Å². The minimum absolute atomic E-state index is 0.106. The van der Waals surface area contributed by atoms with E-state index in [1.54, 1.807) is 12.1 Å². The lowest BCUT2D eigenvalue weighted by molar-refractivity contribution is -0.112. The second-order valence-electron chi connectivity index (χ2n) is 8.49. The molecule has 0 atom stereocenters. The zero-order valence-electron chi connectivity index (χ0n) is 21.0. The number of anilines is 1. The highest BCUT2D eigenvalue weighted by Crippen LogP contribution is 2.36. The van der Waals surface area contributed by atoms with Crippen LogP contribution in [0.25, 0.3) is 16.8 Å². The van der Waals surface area contributed by atoms with Crippen LogP contribution in [0.4, 0.5) is 10.1 Å². The second-order valence-corrected chi connectivity index (χ2v) is 8.49. The maximum Gasteiger partial charge on any atom is 0.266 e. The van der Waals surface area contributed by atoms with E-state index in [0.29, 0.717) is 42.4 Å². The Kier molecular flexibility index (Phi) is 8.53. The van der Waals surface area contributed by atoms with Gasteiger partial charge >= 0.3 is 0 Å². The maximum atomic E-state index is 13.2. The van der Waals surface area contributed by atoms with Gasteiger partial charge in [-0.05, 0) is 77.7 Å². The highest BCUT2D eigenvalue weighted by Gasteiger charge is 2.16. The van der Waals surface area contributed by atoms with Crippen molar-refractivity contribution in [3.8, 4) is 17.6 Å². The molecule has 4 aromatic rings. The third-order valence-corrected chi connectivity index (χ3v) is 5.85. The lowest BCUT2D eigenvalue weighted by Gasteiger charge is -2.17. The molecule has 0 bridgehead atoms. The van der Waals surface area contributed by atoms with Crippen LogP contribution in [0.1, 0.15) is 23.6 Å². The number of amides is 1. The van der Waals surface area contributed by atoms with Crippen molar-refractivity contribution in [2.45, 2.75) is 20.0 Å². The number of nitriles is 1. The predicted molar refractivity (Wildman–Crippen MR) is 148 cm³/mol. The van der Waals surface area contributed by atoms with E-state index < -0.39 is 11.7 Å². The van der Waals surface area contributed by atoms with Crippen LogP contribution in [0.2, 0.25) is 0 Å². The molecular formula is C32H27FN2O3. The zero-order chi connectivity index (χ0) is 26.9. The smallest absolute Gasteiger partial charge is 0.266 e. The van der Waals surface area contributed by atoms with Gasteiger partial charge in [0, 0.05) is 11.3 Å². The molecule has 38 heavy (non-hydrogen) atoms. The fourth-order valence-electron chi connectivity index (χ4n) is 4.12. The summed E-state index contributed by atoms with van der Waals surface area (Å²) in [7, 11) is 0. The van der Waals surface area contributed by atoms with E-state index in [9.17, 15) is 14.4 Å². The largest absolute Gasteiger partial charge is 0.490 e. The minimum Gasteiger partial charge on any atom is -0.490 e. The van der Waals surface area contributed by atoms with Crippen molar-refractivity contribution < 1.29 is 18.7 Å². The summed E-state index contributed by atoms with van der Waals surface area (Å²) in [5.74, 6) is 0.0827. The molecule has 1 amide bonds. The monoisotopic (exact) mass is 506 g/mol. The van der Waals surface area contributed by atoms with Gasteiger partial charge in [0.1, 0.15) is 24.1 Å². The summed E-state index contributed by atoms with van der Waals surface area (Å²) >= 11 is 0. The SMILES string of the molecule is C=CCc1cc(/C=C(\C#N)C(=O)Nc2ccc(F)cc2)cc(OCC)c1OCc1cccc2ccccc12. The normalized spacial score (nSPS) is 11.0. The number of benzene rings is 4. The number of rotatable bonds is 10. The predicted octanol–water partition coefficient (Wildman–Crippen LogP) is 7.23. The lowest BCUT2D eigenvalue weighted by atomic mass is 10.0. The highest BCUT2D eigenvalue weighted by atomic mass is 19.1. The van der Waals surface area contributed by atoms with Crippen LogP contribution in [0.15, 0.2) is 97.1 Å². The van der Waals surface area contributed by atoms with Crippen LogP contribution in [0.5, 0.6) is 11.5 Å². The number of ether oxygens (including phenoxy) is 2. The lowest BCUT2D eigenvalue weighted by Crippen LogP contribution is -2.13. The summed E-state index contributed by atoms with van der Waals surface area (Å²) in [6.45, 7) is 6.48. The van der Waals surface area contributed by atoms with Gasteiger partial charge in [-0.25, -0.2) is 4.39 Å². The average Bonchev–Trinajstić information content (AvgIpc) is 2.93. The number of carbonyl (C=O) groups excluding carboxylic acids is 1. The van der Waals surface area contributed by atoms with Gasteiger partial charge in [0.25, 0.3) is 5.91 Å². The molecule has 6 heteroatoms. The summed E-state index contributed by atoms with van der Waals surface area (Å²) in [6.07, 6.45) is 3.74. The number of hydrogen-bond acceptors (Lipinski definition) is 4. The Bertz CT molecular complexity index is 1530. The van der Waals surface area contributed by atoms with E-state index in [1.807, 2.05) is 43.3 Å². The van der Waals surface area contributed by atoms with Gasteiger partial charge in [-0.3, -0.25) is 4.79 Å². The topological polar surface area (TPSA) is 71.4 Å². The van der Waals surface area contributed by atoms with Crippen molar-refractivity contribution in [3.63, 3.8) is 0 Å². The van der Waals surface area contributed by atoms with E-state index >= 15 is 0 Å². The first-order chi connectivity index (χ1) is 18.5. The first kappa shape index (κ1) is 26.2. The number of nitrogens with zero attached hydrogens (tertiary/aromatic N) is 1. The van der Waals surface area contributed by atoms with Crippen molar-refractivity contribution in [1.29, 1.82) is 5.26 Å². The molecule has 0 radical (unpaired) electrons. The van der Waals surface area contributed by atoms with Gasteiger partial charge in [-0.1, -0.05) is 48.5 Å². The van der Waals surface area contributed by atoms with Crippen molar-refractivity contribution in [1.82, 2.24) is 0 Å². The van der Waals surface area contributed by atoms with Crippen molar-refractivity contribution in [3.05, 3.63) is 120 Å². The molecule has 1 N–H and O–H groups in total. The summed E-state index contributed by atoms with van der Waals surface area (Å²) < 4.78 is 25.4. The Balaban J connectivity index is 1.65. The third-order valence-electron chi connectivity index (χ3n) is 5.85. The average molecular weight is 507 g/mol. The highest BCUT2D eigenvalue weighted by molar-refractivity contribution is 6.09. The van der Waals surface area contributed by atoms with Gasteiger partial charge in [0.15, 0.2) is 11.5 Å². The van der Waals surface area contributed by atoms with Crippen LogP contribution in [-0.4, -0.2) is 12.5 Å². The molecule has 0 unspecified atom stereocenters. The van der Waals surface area contributed by atoms with E-state index in [0.717, 1.165) is 21.9 Å². The molecule has 5 nitrogen and oxygen atoms in total. The summed E-state index contributed by atoms with van der Waals surface area (Å²) in [4.78, 5) is 12.7. The van der Waals surface area contributed by atoms with E-state index in [1.165, 1.54) is 30.3 Å². The maximum absolute atomic E-state index is 13.2. The van der Waals surface area contributed by atoms with Crippen LogP contribution >= 0.6 is 0 Å². The van der Waals surface area contributed by atoms with Crippen molar-refractivity contribution >= 4 is 28.4 Å². The molecule has 190 valence electrons. The number of fused-ring (bicyclic) bond motifs is 1. The van der Waals surface area contributed by atoms with Crippen LogP contribution in [0.3, 0.4) is 0 Å². The number of allylic oxidation sites excluding steroid dienone is 1. The molecule has 0 saturated carbocycles. The molecule has 4 aromatic carbocycles. The first-order valence-corrected chi connectivity index (χ1v) is 12.2. The minimum atomic E-state index is -0.598. The van der Waals surface area contributed by atoms with Crippen LogP contribution in [-0.2, 0) is 17.8 Å². The Morgan fingerprint density at radius 2 is 1.79 bits per heavy atom. The zero-order valence-corrected chi connectivity index (χ0v) is 21.0. The Labute approximate surface area is 221 Å². The van der Waals surface area contributed by atoms with Crippen molar-refractivity contribution in [2.75, 3.05) is 11.9 Å². The van der Waals surface area contributed by atoms with Crippen molar-refractivity contribution in [2.24, 2.45) is 0 Å². The summed E-state index contributed by atoms with van der Waals surface area (Å²) in [5, 5.41) is 14.5. The number of halogens is 1. The Morgan fingerprint density at radius 3 is 2.53 bits per heavy atom. The van der Waals surface area contributed by atoms with E-state index in [2.05, 4.69) is 30.1 Å². The van der Waals surface area contributed by atoms with Gasteiger partial charge in [0.05, 0.1) is 6.61 Å². The quantitative estimate of drug-likeness (QED) is 0.140. The van der Waals surface area contributed by atoms with Gasteiger partial charge in [0.2, 0.25) is 0 Å². The molecule has 4 rings (SSSR count). The summed E-state index contributed by atoms with van der Waals surface area (Å²) in [5.41, 5.74) is 2.74. The van der Waals surface area contributed by atoms with Gasteiger partial charge in [-0.2, -0.15) is 5.26 Å². The molecule has 0 heterocycles. The molecule has 0 aromatic heterocycles. The number of nitrogens with one attached hydrogen (secondary N) is 1. The van der Waals surface area contributed by atoms with Crippen LogP contribution < -0.4 is 14.8 Å². The molecule has 0 aliphatic carbocycles. The molecule has 0 aliphatic heterocycles. The number of carbonyl (C=O) groups is 1. The summed E-state index contributed by atoms with van der Waals surface area (Å²) in [6, 6.07) is 25.1. The van der Waals surface area contributed by atoms with Gasteiger partial charge in [-0.15, -0.1) is 6.58 Å². The Morgan fingerprint density at radius 1 is 1.03 bits per heavy atom. The van der Waals surface area contributed by atoms with Gasteiger partial charge < -0.3 is 14.8 Å². The fourth-order valence-corrected chi connectivity index (χ4v) is 4.12. The van der Waals surface area contributed by atoms with Crippen LogP contribution in [0, 0.1) is 17.1 Å². The molecule has 0 saturated heterocycles. The van der Waals surface area contributed by atoms with E-state index in [-0.39, 0.29) is 5.57 Å². The number of hydrogen-bond donors (Lipinski definition) is 1. The standard InChI is InChI=1S/C32H27FN2O3/c1-3-8-24-17-22(18-26(20-34)32(36)35-28-15-13-27(33)14-16-28)19-30(37-4-2)31(24)38-21-25-11-7-10-23-9-5-6-12-29(23)25/h3,5-7,9-19H,1,4,8,21H2,2H3,(H,35,36)/b26-18+. The Hall–Kier alpha value is -4.89. The fraction of sp³-hybridized carbons (Fsp3) is 0.125. The molecule has 0 spiro atoms. The second kappa shape index (κ2) is 12.4. The first-order valence-electron chi connectivity index (χ1n) is 12.2. The molecule has 0 aliphatic rings. The third kappa shape index (κ3) is 6.26. The molecule has 0 fully saturated rings.